The van der Waals surface area contributed by atoms with Crippen LogP contribution in [0, 0.1) is 0 Å². The van der Waals surface area contributed by atoms with Crippen molar-refractivity contribution < 1.29 is 26.3 Å². The van der Waals surface area contributed by atoms with Crippen LogP contribution in [0.1, 0.15) is 25.6 Å². The van der Waals surface area contributed by atoms with E-state index in [1.165, 1.54) is 24.3 Å². The Labute approximate surface area is 172 Å². The van der Waals surface area contributed by atoms with Gasteiger partial charge in [0.2, 0.25) is 15.8 Å². The third kappa shape index (κ3) is 5.00. The number of nitrogens with two attached hydrogens (primary N) is 1. The van der Waals surface area contributed by atoms with Crippen molar-refractivity contribution in [3.8, 4) is 28.3 Å². The zero-order valence-electron chi connectivity index (χ0n) is 16.0. The lowest BCUT2D eigenvalue weighted by molar-refractivity contribution is -0.144. The molecule has 0 amide bonds. The maximum atomic E-state index is 13.3. The molecule has 6 nitrogen and oxygen atoms in total. The van der Waals surface area contributed by atoms with Gasteiger partial charge in [0.1, 0.15) is 5.75 Å². The molecule has 0 aliphatic heterocycles. The Bertz CT molecular complexity index is 1110. The van der Waals surface area contributed by atoms with Gasteiger partial charge in [-0.3, -0.25) is 0 Å². The zero-order chi connectivity index (χ0) is 21.9. The Balaban J connectivity index is 2.01. The first-order valence-corrected chi connectivity index (χ1v) is 10.7. The minimum absolute atomic E-state index is 0.0444. The monoisotopic (exact) mass is 439 g/mol. The van der Waals surface area contributed by atoms with E-state index in [2.05, 4.69) is 9.97 Å². The van der Waals surface area contributed by atoms with E-state index in [9.17, 15) is 21.6 Å². The van der Waals surface area contributed by atoms with Crippen molar-refractivity contribution in [3.05, 3.63) is 54.4 Å². The second kappa shape index (κ2) is 8.49. The van der Waals surface area contributed by atoms with E-state index in [1.807, 2.05) is 6.92 Å². The number of alkyl halides is 3. The number of hydrogen-bond donors (Lipinski definition) is 2. The minimum atomic E-state index is -4.67. The van der Waals surface area contributed by atoms with Crippen molar-refractivity contribution in [3.63, 3.8) is 0 Å². The molecule has 0 aliphatic carbocycles. The van der Waals surface area contributed by atoms with Crippen molar-refractivity contribution in [2.45, 2.75) is 30.8 Å². The summed E-state index contributed by atoms with van der Waals surface area (Å²) in [6, 6.07) is 11.8. The topological polar surface area (TPSA) is 98.1 Å². The van der Waals surface area contributed by atoms with Gasteiger partial charge in [-0.2, -0.15) is 13.2 Å². The molecule has 0 saturated heterocycles. The average Bonchev–Trinajstić information content (AvgIpc) is 3.14. The summed E-state index contributed by atoms with van der Waals surface area (Å²) in [5.41, 5.74) is 0.993. The van der Waals surface area contributed by atoms with Crippen LogP contribution in [-0.2, 0) is 16.2 Å². The third-order valence-corrected chi connectivity index (χ3v) is 5.27. The molecule has 0 radical (unpaired) electrons. The molecule has 160 valence electrons. The molecule has 0 fully saturated rings. The van der Waals surface area contributed by atoms with E-state index in [1.54, 1.807) is 24.3 Å². The van der Waals surface area contributed by atoms with E-state index >= 15 is 0 Å². The Morgan fingerprint density at radius 2 is 1.63 bits per heavy atom. The second-order valence-electron chi connectivity index (χ2n) is 6.60. The molecular weight excluding hydrogens is 419 g/mol. The van der Waals surface area contributed by atoms with Crippen molar-refractivity contribution in [2.75, 3.05) is 6.61 Å². The van der Waals surface area contributed by atoms with Gasteiger partial charge in [-0.15, -0.1) is 0 Å². The number of sulfonamides is 1. The maximum Gasteiger partial charge on any atom is 0.449 e. The summed E-state index contributed by atoms with van der Waals surface area (Å²) in [4.78, 5) is 5.90. The SMILES string of the molecule is CCCCOc1ccc(-c2[nH]c(C(F)(F)F)nc2-c2ccc(S(N)(=O)=O)cc2)cc1. The summed E-state index contributed by atoms with van der Waals surface area (Å²) in [5, 5.41) is 5.08. The van der Waals surface area contributed by atoms with E-state index < -0.39 is 22.0 Å². The van der Waals surface area contributed by atoms with Gasteiger partial charge in [0.15, 0.2) is 0 Å². The quantitative estimate of drug-likeness (QED) is 0.526. The van der Waals surface area contributed by atoms with Crippen LogP contribution in [0.5, 0.6) is 5.75 Å². The second-order valence-corrected chi connectivity index (χ2v) is 8.16. The van der Waals surface area contributed by atoms with Crippen LogP contribution >= 0.6 is 0 Å². The summed E-state index contributed by atoms with van der Waals surface area (Å²) in [7, 11) is -3.92. The van der Waals surface area contributed by atoms with Crippen molar-refractivity contribution in [1.29, 1.82) is 0 Å². The Hall–Kier alpha value is -2.85. The van der Waals surface area contributed by atoms with E-state index in [0.717, 1.165) is 12.8 Å². The first kappa shape index (κ1) is 21.8. The largest absolute Gasteiger partial charge is 0.494 e. The number of H-pyrrole nitrogens is 1. The predicted molar refractivity (Wildman–Crippen MR) is 106 cm³/mol. The summed E-state index contributed by atoms with van der Waals surface area (Å²) < 4.78 is 68.2. The standard InChI is InChI=1S/C20H20F3N3O3S/c1-2-3-12-29-15-8-4-13(5-9-15)17-18(26-19(25-17)20(21,22)23)14-6-10-16(11-7-14)30(24,27)28/h4-11H,2-3,12H2,1H3,(H,25,26)(H2,24,27,28). The van der Waals surface area contributed by atoms with Gasteiger partial charge < -0.3 is 9.72 Å². The van der Waals surface area contributed by atoms with E-state index in [4.69, 9.17) is 9.88 Å². The molecule has 0 bridgehead atoms. The molecule has 0 atom stereocenters. The lowest BCUT2D eigenvalue weighted by atomic mass is 10.1. The third-order valence-electron chi connectivity index (χ3n) is 4.34. The number of nitrogens with zero attached hydrogens (tertiary/aromatic N) is 1. The number of nitrogens with one attached hydrogen (secondary N) is 1. The number of benzene rings is 2. The minimum Gasteiger partial charge on any atom is -0.494 e. The maximum absolute atomic E-state index is 13.3. The fraction of sp³-hybridized carbons (Fsp3) is 0.250. The lowest BCUT2D eigenvalue weighted by Gasteiger charge is -2.07. The van der Waals surface area contributed by atoms with E-state index in [-0.39, 0.29) is 16.3 Å². The molecule has 0 unspecified atom stereocenters. The molecular formula is C20H20F3N3O3S. The van der Waals surface area contributed by atoms with Crippen LogP contribution in [-0.4, -0.2) is 25.0 Å². The molecule has 1 heterocycles. The highest BCUT2D eigenvalue weighted by Crippen LogP contribution is 2.36. The Morgan fingerprint density at radius 1 is 1.03 bits per heavy atom. The van der Waals surface area contributed by atoms with Crippen LogP contribution in [0.3, 0.4) is 0 Å². The Morgan fingerprint density at radius 3 is 2.17 bits per heavy atom. The number of ether oxygens (including phenoxy) is 1. The van der Waals surface area contributed by atoms with Gasteiger partial charge in [0, 0.05) is 11.1 Å². The molecule has 0 spiro atoms. The molecule has 30 heavy (non-hydrogen) atoms. The smallest absolute Gasteiger partial charge is 0.449 e. The first-order valence-electron chi connectivity index (χ1n) is 9.13. The van der Waals surface area contributed by atoms with Gasteiger partial charge in [0.25, 0.3) is 0 Å². The number of aromatic nitrogens is 2. The highest BCUT2D eigenvalue weighted by molar-refractivity contribution is 7.89. The normalized spacial score (nSPS) is 12.2. The van der Waals surface area contributed by atoms with Crippen molar-refractivity contribution >= 4 is 10.0 Å². The Kier molecular flexibility index (Phi) is 6.18. The molecule has 3 N–H and O–H groups in total. The summed E-state index contributed by atoms with van der Waals surface area (Å²) in [5.74, 6) is -0.534. The van der Waals surface area contributed by atoms with Gasteiger partial charge in [0.05, 0.1) is 22.9 Å². The van der Waals surface area contributed by atoms with Gasteiger partial charge in [-0.25, -0.2) is 18.5 Å². The number of hydrogen-bond acceptors (Lipinski definition) is 4. The highest BCUT2D eigenvalue weighted by Gasteiger charge is 2.36. The first-order chi connectivity index (χ1) is 14.1. The molecule has 3 rings (SSSR count). The lowest BCUT2D eigenvalue weighted by Crippen LogP contribution is -2.11. The number of imidazole rings is 1. The molecule has 3 aromatic rings. The summed E-state index contributed by atoms with van der Waals surface area (Å²) in [6.45, 7) is 2.60. The van der Waals surface area contributed by atoms with Crippen LogP contribution < -0.4 is 9.88 Å². The van der Waals surface area contributed by atoms with Gasteiger partial charge in [-0.1, -0.05) is 25.5 Å². The van der Waals surface area contributed by atoms with Crippen molar-refractivity contribution in [2.24, 2.45) is 5.14 Å². The fourth-order valence-electron chi connectivity index (χ4n) is 2.78. The molecule has 1 aromatic heterocycles. The van der Waals surface area contributed by atoms with Crippen LogP contribution in [0.25, 0.3) is 22.5 Å². The number of primary sulfonamides is 1. The summed E-state index contributed by atoms with van der Waals surface area (Å²) >= 11 is 0. The molecule has 10 heteroatoms. The predicted octanol–water partition coefficient (Wildman–Crippen LogP) is 4.59. The molecule has 2 aromatic carbocycles. The summed E-state index contributed by atoms with van der Waals surface area (Å²) in [6.07, 6.45) is -2.79. The van der Waals surface area contributed by atoms with Crippen LogP contribution in [0.4, 0.5) is 13.2 Å². The number of halogens is 3. The number of unbranched alkanes of at least 4 members (excludes halogenated alkanes) is 1. The highest BCUT2D eigenvalue weighted by atomic mass is 32.2. The fourth-order valence-corrected chi connectivity index (χ4v) is 3.30. The average molecular weight is 439 g/mol. The zero-order valence-corrected chi connectivity index (χ0v) is 16.8. The van der Waals surface area contributed by atoms with Crippen molar-refractivity contribution in [1.82, 2.24) is 9.97 Å². The molecule has 0 aliphatic rings. The van der Waals surface area contributed by atoms with Crippen LogP contribution in [0.15, 0.2) is 53.4 Å². The van der Waals surface area contributed by atoms with Gasteiger partial charge in [-0.05, 0) is 42.8 Å². The van der Waals surface area contributed by atoms with Gasteiger partial charge >= 0.3 is 6.18 Å². The number of aromatic amines is 1. The number of rotatable bonds is 7. The van der Waals surface area contributed by atoms with E-state index in [0.29, 0.717) is 23.5 Å². The molecule has 0 saturated carbocycles. The van der Waals surface area contributed by atoms with Crippen LogP contribution in [0.2, 0.25) is 0 Å².